The third-order valence-electron chi connectivity index (χ3n) is 3.02. The van der Waals surface area contributed by atoms with Crippen molar-refractivity contribution in [3.05, 3.63) is 57.0 Å². The van der Waals surface area contributed by atoms with E-state index in [-0.39, 0.29) is 12.5 Å². The Hall–Kier alpha value is -1.86. The number of benzene rings is 2. The maximum atomic E-state index is 11.8. The Morgan fingerprint density at radius 2 is 1.96 bits per heavy atom. The number of ether oxygens (including phenoxy) is 2. The third-order valence-corrected chi connectivity index (χ3v) is 4.17. The van der Waals surface area contributed by atoms with Gasteiger partial charge >= 0.3 is 0 Å². The van der Waals surface area contributed by atoms with Crippen molar-refractivity contribution in [2.75, 3.05) is 13.2 Å². The molecule has 0 heterocycles. The number of nitrogens with zero attached hydrogens (tertiary/aromatic N) is 1. The summed E-state index contributed by atoms with van der Waals surface area (Å²) in [5, 5.41) is 3.97. The monoisotopic (exact) mass is 468 g/mol. The van der Waals surface area contributed by atoms with Gasteiger partial charge in [-0.3, -0.25) is 4.79 Å². The first-order valence-corrected chi connectivity index (χ1v) is 9.30. The van der Waals surface area contributed by atoms with E-state index in [0.717, 1.165) is 20.9 Å². The first-order chi connectivity index (χ1) is 12.1. The molecule has 0 radical (unpaired) electrons. The maximum absolute atomic E-state index is 11.8. The van der Waals surface area contributed by atoms with Crippen LogP contribution < -0.4 is 14.9 Å². The number of hydrogen-bond acceptors (Lipinski definition) is 4. The summed E-state index contributed by atoms with van der Waals surface area (Å²) in [4.78, 5) is 11.8. The average molecular weight is 470 g/mol. The lowest BCUT2D eigenvalue weighted by Crippen LogP contribution is -2.24. The molecule has 7 heteroatoms. The van der Waals surface area contributed by atoms with Crippen molar-refractivity contribution < 1.29 is 14.3 Å². The zero-order valence-corrected chi connectivity index (χ0v) is 16.8. The summed E-state index contributed by atoms with van der Waals surface area (Å²) in [5.41, 5.74) is 3.22. The van der Waals surface area contributed by atoms with Gasteiger partial charge < -0.3 is 9.47 Å². The fraction of sp³-hybridized carbons (Fsp3) is 0.222. The molecule has 0 unspecified atom stereocenters. The maximum Gasteiger partial charge on any atom is 0.277 e. The van der Waals surface area contributed by atoms with Crippen LogP contribution in [-0.4, -0.2) is 25.3 Å². The highest BCUT2D eigenvalue weighted by molar-refractivity contribution is 9.10. The molecule has 0 bridgehead atoms. The van der Waals surface area contributed by atoms with Crippen LogP contribution in [0.15, 0.2) is 56.5 Å². The summed E-state index contributed by atoms with van der Waals surface area (Å²) in [6.45, 7) is 2.53. The molecular weight excluding hydrogens is 452 g/mol. The molecule has 0 spiro atoms. The minimum absolute atomic E-state index is 0.127. The largest absolute Gasteiger partial charge is 0.493 e. The summed E-state index contributed by atoms with van der Waals surface area (Å²) < 4.78 is 12.8. The molecule has 1 N–H and O–H groups in total. The van der Waals surface area contributed by atoms with Crippen LogP contribution in [0.3, 0.4) is 0 Å². The third kappa shape index (κ3) is 6.51. The van der Waals surface area contributed by atoms with Crippen molar-refractivity contribution in [3.8, 4) is 11.5 Å². The molecule has 132 valence electrons. The predicted molar refractivity (Wildman–Crippen MR) is 105 cm³/mol. The molecule has 2 rings (SSSR count). The van der Waals surface area contributed by atoms with Crippen LogP contribution in [0.4, 0.5) is 0 Å². The standard InChI is InChI=1S/C18H18Br2N2O3/c1-2-9-24-16-8-7-14(19)10-13(16)11-21-22-18(23)12-25-17-6-4-3-5-15(17)20/h3-8,10-11H,2,9,12H2,1H3,(H,22,23)/b21-11-. The molecule has 0 aliphatic carbocycles. The first-order valence-electron chi connectivity index (χ1n) is 7.71. The summed E-state index contributed by atoms with van der Waals surface area (Å²) >= 11 is 6.77. The predicted octanol–water partition coefficient (Wildman–Crippen LogP) is 4.53. The zero-order valence-electron chi connectivity index (χ0n) is 13.7. The van der Waals surface area contributed by atoms with Crippen molar-refractivity contribution in [1.29, 1.82) is 0 Å². The van der Waals surface area contributed by atoms with E-state index in [2.05, 4.69) is 42.4 Å². The van der Waals surface area contributed by atoms with Gasteiger partial charge in [0.05, 0.1) is 17.3 Å². The number of halogens is 2. The summed E-state index contributed by atoms with van der Waals surface area (Å²) in [5.74, 6) is 0.967. The van der Waals surface area contributed by atoms with Gasteiger partial charge in [-0.25, -0.2) is 5.43 Å². The molecule has 0 atom stereocenters. The van der Waals surface area contributed by atoms with Crippen LogP contribution in [0, 0.1) is 0 Å². The number of rotatable bonds is 8. The van der Waals surface area contributed by atoms with Gasteiger partial charge in [-0.05, 0) is 52.7 Å². The van der Waals surface area contributed by atoms with Crippen molar-refractivity contribution in [3.63, 3.8) is 0 Å². The van der Waals surface area contributed by atoms with Crippen LogP contribution in [0.2, 0.25) is 0 Å². The molecular formula is C18H18Br2N2O3. The second-order valence-electron chi connectivity index (χ2n) is 5.04. The van der Waals surface area contributed by atoms with Crippen molar-refractivity contribution >= 4 is 44.0 Å². The summed E-state index contributed by atoms with van der Waals surface area (Å²) in [7, 11) is 0. The van der Waals surface area contributed by atoms with E-state index in [1.807, 2.05) is 43.3 Å². The van der Waals surface area contributed by atoms with Crippen LogP contribution in [0.1, 0.15) is 18.9 Å². The van der Waals surface area contributed by atoms with E-state index < -0.39 is 0 Å². The molecule has 0 saturated carbocycles. The minimum Gasteiger partial charge on any atom is -0.493 e. The quantitative estimate of drug-likeness (QED) is 0.456. The van der Waals surface area contributed by atoms with Crippen molar-refractivity contribution in [2.45, 2.75) is 13.3 Å². The Bertz CT molecular complexity index is 751. The fourth-order valence-electron chi connectivity index (χ4n) is 1.87. The van der Waals surface area contributed by atoms with Gasteiger partial charge in [0.1, 0.15) is 11.5 Å². The minimum atomic E-state index is -0.349. The molecule has 1 amide bonds. The van der Waals surface area contributed by atoms with Crippen molar-refractivity contribution in [1.82, 2.24) is 5.43 Å². The van der Waals surface area contributed by atoms with E-state index in [1.54, 1.807) is 12.3 Å². The molecule has 0 fully saturated rings. The van der Waals surface area contributed by atoms with Crippen LogP contribution in [0.25, 0.3) is 0 Å². The highest BCUT2D eigenvalue weighted by Crippen LogP contribution is 2.23. The number of carbonyl (C=O) groups is 1. The number of hydrazone groups is 1. The summed E-state index contributed by atoms with van der Waals surface area (Å²) in [6.07, 6.45) is 2.46. The van der Waals surface area contributed by atoms with E-state index in [4.69, 9.17) is 9.47 Å². The van der Waals surface area contributed by atoms with E-state index >= 15 is 0 Å². The molecule has 0 saturated heterocycles. The average Bonchev–Trinajstić information content (AvgIpc) is 2.60. The molecule has 2 aromatic carbocycles. The van der Waals surface area contributed by atoms with Crippen LogP contribution >= 0.6 is 31.9 Å². The molecule has 0 aromatic heterocycles. The lowest BCUT2D eigenvalue weighted by Gasteiger charge is -2.08. The lowest BCUT2D eigenvalue weighted by molar-refractivity contribution is -0.123. The first kappa shape index (κ1) is 19.5. The normalized spacial score (nSPS) is 10.7. The highest BCUT2D eigenvalue weighted by atomic mass is 79.9. The SMILES string of the molecule is CCCOc1ccc(Br)cc1/C=N\NC(=O)COc1ccccc1Br. The Morgan fingerprint density at radius 1 is 1.16 bits per heavy atom. The Balaban J connectivity index is 1.90. The van der Waals surface area contributed by atoms with E-state index in [0.29, 0.717) is 18.1 Å². The second-order valence-corrected chi connectivity index (χ2v) is 6.81. The summed E-state index contributed by atoms with van der Waals surface area (Å²) in [6, 6.07) is 13.0. The van der Waals surface area contributed by atoms with Gasteiger partial charge in [-0.1, -0.05) is 35.0 Å². The van der Waals surface area contributed by atoms with E-state index in [1.165, 1.54) is 0 Å². The van der Waals surface area contributed by atoms with Crippen LogP contribution in [0.5, 0.6) is 11.5 Å². The number of nitrogens with one attached hydrogen (secondary N) is 1. The van der Waals surface area contributed by atoms with E-state index in [9.17, 15) is 4.79 Å². The van der Waals surface area contributed by atoms with Gasteiger partial charge in [0.2, 0.25) is 0 Å². The number of amides is 1. The topological polar surface area (TPSA) is 59.9 Å². The molecule has 0 aliphatic heterocycles. The molecule has 2 aromatic rings. The van der Waals surface area contributed by atoms with Gasteiger partial charge in [0.25, 0.3) is 5.91 Å². The lowest BCUT2D eigenvalue weighted by atomic mass is 10.2. The molecule has 0 aliphatic rings. The van der Waals surface area contributed by atoms with Crippen LogP contribution in [-0.2, 0) is 4.79 Å². The zero-order chi connectivity index (χ0) is 18.1. The Morgan fingerprint density at radius 3 is 2.72 bits per heavy atom. The Kier molecular flexibility index (Phi) is 7.94. The number of hydrogen-bond donors (Lipinski definition) is 1. The number of carbonyl (C=O) groups excluding carboxylic acids is 1. The van der Waals surface area contributed by atoms with Gasteiger partial charge in [-0.2, -0.15) is 5.10 Å². The highest BCUT2D eigenvalue weighted by Gasteiger charge is 2.05. The molecule has 25 heavy (non-hydrogen) atoms. The van der Waals surface area contributed by atoms with Gasteiger partial charge in [-0.15, -0.1) is 0 Å². The fourth-order valence-corrected chi connectivity index (χ4v) is 2.65. The number of para-hydroxylation sites is 1. The van der Waals surface area contributed by atoms with Gasteiger partial charge in [0.15, 0.2) is 6.61 Å². The van der Waals surface area contributed by atoms with Crippen molar-refractivity contribution in [2.24, 2.45) is 5.10 Å². The smallest absolute Gasteiger partial charge is 0.277 e. The second kappa shape index (κ2) is 10.2. The Labute approximate surface area is 163 Å². The molecule has 5 nitrogen and oxygen atoms in total. The van der Waals surface area contributed by atoms with Gasteiger partial charge in [0, 0.05) is 10.0 Å².